The summed E-state index contributed by atoms with van der Waals surface area (Å²) in [4.78, 5) is 40.3. The van der Waals surface area contributed by atoms with Crippen molar-refractivity contribution in [2.24, 2.45) is 5.10 Å². The number of aromatic nitrogens is 2. The number of carbonyl (C=O) groups excluding carboxylic acids is 1. The summed E-state index contributed by atoms with van der Waals surface area (Å²) in [5.41, 5.74) is 1.27. The van der Waals surface area contributed by atoms with E-state index in [1.165, 1.54) is 13.3 Å². The second kappa shape index (κ2) is 10.4. The van der Waals surface area contributed by atoms with Gasteiger partial charge in [0.15, 0.2) is 18.1 Å². The third-order valence-electron chi connectivity index (χ3n) is 5.05. The number of amides is 1. The number of ether oxygens (including phenoxy) is 2. The molecule has 0 spiro atoms. The van der Waals surface area contributed by atoms with E-state index < -0.39 is 11.2 Å². The Morgan fingerprint density at radius 3 is 2.63 bits per heavy atom. The zero-order chi connectivity index (χ0) is 24.9. The Labute approximate surface area is 208 Å². The number of rotatable bonds is 7. The van der Waals surface area contributed by atoms with Crippen LogP contribution in [-0.2, 0) is 4.79 Å². The van der Waals surface area contributed by atoms with E-state index in [1.54, 1.807) is 48.5 Å². The maximum absolute atomic E-state index is 12.8. The van der Waals surface area contributed by atoms with Gasteiger partial charge in [-0.05, 0) is 43.3 Å². The number of hydrogen-bond acceptors (Lipinski definition) is 6. The topological polar surface area (TPSA) is 115 Å². The average molecular weight is 537 g/mol. The van der Waals surface area contributed by atoms with E-state index in [4.69, 9.17) is 9.47 Å². The summed E-state index contributed by atoms with van der Waals surface area (Å²) in [5, 5.41) is 7.16. The van der Waals surface area contributed by atoms with Gasteiger partial charge in [-0.15, -0.1) is 4.68 Å². The highest BCUT2D eigenvalue weighted by Crippen LogP contribution is 2.34. The lowest BCUT2D eigenvalue weighted by Crippen LogP contribution is -2.32. The number of nitrogens with one attached hydrogen (secondary N) is 2. The van der Waals surface area contributed by atoms with Crippen molar-refractivity contribution in [3.05, 3.63) is 97.1 Å². The Hall–Kier alpha value is -4.18. The molecule has 0 unspecified atom stereocenters. The van der Waals surface area contributed by atoms with Gasteiger partial charge in [0.05, 0.1) is 24.2 Å². The first-order chi connectivity index (χ1) is 16.9. The van der Waals surface area contributed by atoms with Gasteiger partial charge in [-0.25, -0.2) is 4.79 Å². The van der Waals surface area contributed by atoms with E-state index in [-0.39, 0.29) is 18.3 Å². The van der Waals surface area contributed by atoms with Crippen LogP contribution in [0.1, 0.15) is 11.1 Å². The molecule has 0 fully saturated rings. The van der Waals surface area contributed by atoms with Crippen LogP contribution in [0.2, 0.25) is 0 Å². The third-order valence-corrected chi connectivity index (χ3v) is 5.51. The van der Waals surface area contributed by atoms with Gasteiger partial charge in [-0.3, -0.25) is 9.59 Å². The molecule has 0 radical (unpaired) electrons. The van der Waals surface area contributed by atoms with Crippen molar-refractivity contribution in [2.45, 2.75) is 6.92 Å². The quantitative estimate of drug-likeness (QED) is 0.349. The van der Waals surface area contributed by atoms with Crippen LogP contribution in [0.3, 0.4) is 0 Å². The molecule has 0 aliphatic rings. The Balaban J connectivity index is 1.63. The number of anilines is 1. The second-order valence-electron chi connectivity index (χ2n) is 7.57. The molecule has 9 nitrogen and oxygen atoms in total. The van der Waals surface area contributed by atoms with Gasteiger partial charge >= 0.3 is 5.69 Å². The Kier molecular flexibility index (Phi) is 7.11. The van der Waals surface area contributed by atoms with Crippen LogP contribution in [0.25, 0.3) is 10.9 Å². The van der Waals surface area contributed by atoms with Crippen LogP contribution < -0.4 is 26.0 Å². The fourth-order valence-electron chi connectivity index (χ4n) is 3.34. The molecule has 3 aromatic carbocycles. The minimum atomic E-state index is -0.688. The van der Waals surface area contributed by atoms with E-state index in [0.717, 1.165) is 10.2 Å². The van der Waals surface area contributed by atoms with Crippen molar-refractivity contribution in [1.82, 2.24) is 9.66 Å². The predicted octanol–water partition coefficient (Wildman–Crippen LogP) is 3.67. The molecule has 10 heteroatoms. The zero-order valence-corrected chi connectivity index (χ0v) is 20.5. The molecule has 0 bridgehead atoms. The van der Waals surface area contributed by atoms with Gasteiger partial charge < -0.3 is 19.8 Å². The SMILES string of the molecule is COc1cc(Br)cc(C=Nn2c(=O)[nH]c3ccccc3c2=O)c1OCC(=O)Nc1ccc(C)cc1. The molecule has 0 atom stereocenters. The number of aromatic amines is 1. The highest BCUT2D eigenvalue weighted by molar-refractivity contribution is 9.10. The molecule has 178 valence electrons. The number of para-hydroxylation sites is 1. The Morgan fingerprint density at radius 2 is 1.89 bits per heavy atom. The minimum absolute atomic E-state index is 0.226. The summed E-state index contributed by atoms with van der Waals surface area (Å²) in [6, 6.07) is 17.4. The van der Waals surface area contributed by atoms with Gasteiger partial charge in [0.2, 0.25) is 0 Å². The summed E-state index contributed by atoms with van der Waals surface area (Å²) in [6.07, 6.45) is 1.30. The van der Waals surface area contributed by atoms with Crippen molar-refractivity contribution >= 4 is 44.6 Å². The first-order valence-corrected chi connectivity index (χ1v) is 11.3. The highest BCUT2D eigenvalue weighted by Gasteiger charge is 2.15. The average Bonchev–Trinajstić information content (AvgIpc) is 2.84. The van der Waals surface area contributed by atoms with Crippen molar-refractivity contribution in [3.8, 4) is 11.5 Å². The molecule has 0 aliphatic heterocycles. The number of halogens is 1. The van der Waals surface area contributed by atoms with Crippen molar-refractivity contribution < 1.29 is 14.3 Å². The lowest BCUT2D eigenvalue weighted by molar-refractivity contribution is -0.118. The molecule has 0 aliphatic carbocycles. The second-order valence-corrected chi connectivity index (χ2v) is 8.48. The van der Waals surface area contributed by atoms with Crippen molar-refractivity contribution in [2.75, 3.05) is 19.0 Å². The monoisotopic (exact) mass is 536 g/mol. The van der Waals surface area contributed by atoms with E-state index in [0.29, 0.717) is 32.4 Å². The van der Waals surface area contributed by atoms with Gasteiger partial charge in [-0.1, -0.05) is 45.8 Å². The van der Waals surface area contributed by atoms with Gasteiger partial charge in [0.25, 0.3) is 11.5 Å². The molecule has 4 aromatic rings. The molecule has 1 amide bonds. The number of aryl methyl sites for hydroxylation is 1. The molecule has 0 saturated carbocycles. The molecule has 1 heterocycles. The maximum atomic E-state index is 12.8. The van der Waals surface area contributed by atoms with Crippen LogP contribution in [-0.4, -0.2) is 35.5 Å². The molecular weight excluding hydrogens is 516 g/mol. The largest absolute Gasteiger partial charge is 0.493 e. The first kappa shape index (κ1) is 24.0. The summed E-state index contributed by atoms with van der Waals surface area (Å²) in [6.45, 7) is 1.65. The van der Waals surface area contributed by atoms with Gasteiger partial charge in [0.1, 0.15) is 0 Å². The lowest BCUT2D eigenvalue weighted by atomic mass is 10.2. The Bertz CT molecular complexity index is 1540. The highest BCUT2D eigenvalue weighted by atomic mass is 79.9. The number of nitrogens with zero attached hydrogens (tertiary/aromatic N) is 2. The zero-order valence-electron chi connectivity index (χ0n) is 18.9. The normalized spacial score (nSPS) is 11.1. The minimum Gasteiger partial charge on any atom is -0.493 e. The third kappa shape index (κ3) is 5.49. The molecule has 0 saturated heterocycles. The summed E-state index contributed by atoms with van der Waals surface area (Å²) in [7, 11) is 1.46. The Morgan fingerprint density at radius 1 is 1.14 bits per heavy atom. The molecule has 2 N–H and O–H groups in total. The van der Waals surface area contributed by atoms with E-state index in [9.17, 15) is 14.4 Å². The fourth-order valence-corrected chi connectivity index (χ4v) is 3.79. The lowest BCUT2D eigenvalue weighted by Gasteiger charge is -2.14. The van der Waals surface area contributed by atoms with Gasteiger partial charge in [0, 0.05) is 15.7 Å². The van der Waals surface area contributed by atoms with Crippen LogP contribution >= 0.6 is 15.9 Å². The number of benzene rings is 3. The first-order valence-electron chi connectivity index (χ1n) is 10.5. The summed E-state index contributed by atoms with van der Waals surface area (Å²) >= 11 is 3.39. The number of carbonyl (C=O) groups is 1. The van der Waals surface area contributed by atoms with Gasteiger partial charge in [-0.2, -0.15) is 5.10 Å². The molecular formula is C25H21BrN4O5. The van der Waals surface area contributed by atoms with E-state index in [2.05, 4.69) is 31.3 Å². The summed E-state index contributed by atoms with van der Waals surface area (Å²) in [5.74, 6) is 0.191. The summed E-state index contributed by atoms with van der Waals surface area (Å²) < 4.78 is 12.5. The fraction of sp³-hybridized carbons (Fsp3) is 0.120. The van der Waals surface area contributed by atoms with Crippen molar-refractivity contribution in [1.29, 1.82) is 0 Å². The number of H-pyrrole nitrogens is 1. The van der Waals surface area contributed by atoms with Crippen LogP contribution in [0.4, 0.5) is 5.69 Å². The number of fused-ring (bicyclic) bond motifs is 1. The predicted molar refractivity (Wildman–Crippen MR) is 138 cm³/mol. The number of methoxy groups -OCH3 is 1. The van der Waals surface area contributed by atoms with Crippen LogP contribution in [0, 0.1) is 6.92 Å². The van der Waals surface area contributed by atoms with Crippen LogP contribution in [0.15, 0.2) is 79.8 Å². The molecule has 1 aromatic heterocycles. The van der Waals surface area contributed by atoms with E-state index in [1.807, 2.05) is 19.1 Å². The van der Waals surface area contributed by atoms with Crippen LogP contribution in [0.5, 0.6) is 11.5 Å². The van der Waals surface area contributed by atoms with E-state index >= 15 is 0 Å². The van der Waals surface area contributed by atoms with Crippen molar-refractivity contribution in [3.63, 3.8) is 0 Å². The standard InChI is InChI=1S/C25H21BrN4O5/c1-15-7-9-18(10-8-15)28-22(31)14-35-23-16(11-17(26)12-21(23)34-2)13-27-30-24(32)19-5-3-4-6-20(19)29-25(30)33/h3-13H,14H2,1-2H3,(H,28,31)(H,29,33). The maximum Gasteiger partial charge on any atom is 0.349 e. The smallest absolute Gasteiger partial charge is 0.349 e. The molecule has 35 heavy (non-hydrogen) atoms. The molecule has 4 rings (SSSR count). The number of hydrogen-bond donors (Lipinski definition) is 2.